The summed E-state index contributed by atoms with van der Waals surface area (Å²) in [4.78, 5) is 20.1. The normalized spacial score (nSPS) is 8.60. The minimum Gasteiger partial charge on any atom is -0.471 e. The van der Waals surface area contributed by atoms with Crippen molar-refractivity contribution < 1.29 is 9.53 Å². The number of hydrogen-bond acceptors (Lipinski definition) is 4. The van der Waals surface area contributed by atoms with Crippen LogP contribution in [0.3, 0.4) is 0 Å². The Labute approximate surface area is 87.1 Å². The molecule has 5 heteroatoms. The van der Waals surface area contributed by atoms with Gasteiger partial charge in [-0.2, -0.15) is 0 Å². The molecule has 0 fully saturated rings. The summed E-state index contributed by atoms with van der Waals surface area (Å²) in [5.74, 6) is 0. The summed E-state index contributed by atoms with van der Waals surface area (Å²) in [6.45, 7) is 0.375. The Kier molecular flexibility index (Phi) is 4.59. The van der Waals surface area contributed by atoms with Crippen molar-refractivity contribution in [3.63, 3.8) is 0 Å². The Balaban J connectivity index is 0.000000245. The zero-order valence-electron chi connectivity index (χ0n) is 8.25. The third-order valence-corrected chi connectivity index (χ3v) is 1.53. The Bertz CT molecular complexity index is 373. The van der Waals surface area contributed by atoms with E-state index in [-0.39, 0.29) is 0 Å². The van der Waals surface area contributed by atoms with Crippen LogP contribution in [0.15, 0.2) is 36.9 Å². The number of nitrogens with zero attached hydrogens (tertiary/aromatic N) is 2. The van der Waals surface area contributed by atoms with Crippen LogP contribution in [0.25, 0.3) is 11.4 Å². The fourth-order valence-electron chi connectivity index (χ4n) is 0.928. The van der Waals surface area contributed by atoms with Gasteiger partial charge >= 0.3 is 0 Å². The van der Waals surface area contributed by atoms with E-state index in [1.807, 2.05) is 18.3 Å². The maximum Gasteiger partial charge on any atom is 0.292 e. The van der Waals surface area contributed by atoms with Crippen molar-refractivity contribution in [2.75, 3.05) is 7.11 Å². The van der Waals surface area contributed by atoms with Crippen LogP contribution in [0.2, 0.25) is 0 Å². The summed E-state index contributed by atoms with van der Waals surface area (Å²) >= 11 is 0. The van der Waals surface area contributed by atoms with Crippen molar-refractivity contribution in [1.29, 1.82) is 0 Å². The van der Waals surface area contributed by atoms with Crippen molar-refractivity contribution in [1.82, 2.24) is 15.0 Å². The molecule has 2 rings (SSSR count). The predicted octanol–water partition coefficient (Wildman–Crippen LogP) is 1.26. The molecule has 0 spiro atoms. The molecule has 0 aliphatic rings. The highest BCUT2D eigenvalue weighted by molar-refractivity contribution is 5.51. The van der Waals surface area contributed by atoms with Crippen molar-refractivity contribution in [2.45, 2.75) is 0 Å². The van der Waals surface area contributed by atoms with E-state index in [2.05, 4.69) is 19.7 Å². The monoisotopic (exact) mass is 205 g/mol. The molecule has 2 heterocycles. The quantitative estimate of drug-likeness (QED) is 0.749. The predicted molar refractivity (Wildman–Crippen MR) is 54.9 cm³/mol. The Morgan fingerprint density at radius 1 is 1.47 bits per heavy atom. The molecule has 15 heavy (non-hydrogen) atoms. The molecule has 0 bridgehead atoms. The molecule has 5 nitrogen and oxygen atoms in total. The van der Waals surface area contributed by atoms with Crippen LogP contribution in [0.5, 0.6) is 0 Å². The van der Waals surface area contributed by atoms with Gasteiger partial charge in [0, 0.05) is 18.6 Å². The van der Waals surface area contributed by atoms with Crippen LogP contribution in [0.1, 0.15) is 0 Å². The molecule has 0 amide bonds. The molecule has 0 saturated carbocycles. The van der Waals surface area contributed by atoms with Crippen LogP contribution in [-0.2, 0) is 9.53 Å². The molecule has 0 unspecified atom stereocenters. The van der Waals surface area contributed by atoms with Gasteiger partial charge in [0.15, 0.2) is 0 Å². The van der Waals surface area contributed by atoms with Gasteiger partial charge in [0.05, 0.1) is 19.0 Å². The van der Waals surface area contributed by atoms with Gasteiger partial charge in [-0.25, -0.2) is 0 Å². The van der Waals surface area contributed by atoms with Gasteiger partial charge in [-0.1, -0.05) is 0 Å². The van der Waals surface area contributed by atoms with Gasteiger partial charge in [-0.05, 0) is 12.1 Å². The average molecular weight is 205 g/mol. The molecule has 78 valence electrons. The van der Waals surface area contributed by atoms with E-state index in [4.69, 9.17) is 4.79 Å². The van der Waals surface area contributed by atoms with Crippen LogP contribution >= 0.6 is 0 Å². The number of hydrogen-bond donors (Lipinski definition) is 1. The number of carbonyl (C=O) groups excluding carboxylic acids is 1. The zero-order valence-corrected chi connectivity index (χ0v) is 8.25. The highest BCUT2D eigenvalue weighted by atomic mass is 16.5. The molecule has 0 radical (unpaired) electrons. The van der Waals surface area contributed by atoms with E-state index >= 15 is 0 Å². The van der Waals surface area contributed by atoms with Crippen LogP contribution < -0.4 is 0 Å². The lowest BCUT2D eigenvalue weighted by atomic mass is 10.3. The first-order valence-electron chi connectivity index (χ1n) is 4.24. The number of methoxy groups -OCH3 is 1. The van der Waals surface area contributed by atoms with E-state index < -0.39 is 0 Å². The molecule has 2 aromatic rings. The minimum atomic E-state index is 0.375. The lowest BCUT2D eigenvalue weighted by Crippen LogP contribution is -1.82. The highest BCUT2D eigenvalue weighted by Crippen LogP contribution is 2.10. The average Bonchev–Trinajstić information content (AvgIpc) is 2.84. The number of aromatic amines is 1. The summed E-state index contributed by atoms with van der Waals surface area (Å²) in [5, 5.41) is 0. The Morgan fingerprint density at radius 3 is 2.73 bits per heavy atom. The van der Waals surface area contributed by atoms with E-state index in [0.717, 1.165) is 11.4 Å². The Hall–Kier alpha value is -2.17. The zero-order chi connectivity index (χ0) is 10.9. The fourth-order valence-corrected chi connectivity index (χ4v) is 0.928. The largest absolute Gasteiger partial charge is 0.471 e. The lowest BCUT2D eigenvalue weighted by molar-refractivity contribution is -0.126. The highest BCUT2D eigenvalue weighted by Gasteiger charge is 1.95. The van der Waals surface area contributed by atoms with Gasteiger partial charge < -0.3 is 9.72 Å². The third-order valence-electron chi connectivity index (χ3n) is 1.53. The second kappa shape index (κ2) is 6.31. The summed E-state index contributed by atoms with van der Waals surface area (Å²) in [5.41, 5.74) is 1.87. The van der Waals surface area contributed by atoms with E-state index in [1.54, 1.807) is 18.6 Å². The molecular formula is C10H11N3O2. The summed E-state index contributed by atoms with van der Waals surface area (Å²) < 4.78 is 3.86. The van der Waals surface area contributed by atoms with Crippen molar-refractivity contribution in [2.24, 2.45) is 0 Å². The van der Waals surface area contributed by atoms with Gasteiger partial charge in [0.2, 0.25) is 0 Å². The second-order valence-corrected chi connectivity index (χ2v) is 2.51. The topological polar surface area (TPSA) is 67.9 Å². The summed E-state index contributed by atoms with van der Waals surface area (Å²) in [6, 6.07) is 3.90. The number of H-pyrrole nitrogens is 1. The molecular weight excluding hydrogens is 194 g/mol. The third kappa shape index (κ3) is 3.60. The number of ether oxygens (including phenoxy) is 1. The molecule has 1 N–H and O–H groups in total. The first-order chi connectivity index (χ1) is 7.38. The number of nitrogens with one attached hydrogen (secondary N) is 1. The lowest BCUT2D eigenvalue weighted by Gasteiger charge is -1.92. The van der Waals surface area contributed by atoms with Crippen LogP contribution in [0.4, 0.5) is 0 Å². The maximum absolute atomic E-state index is 8.95. The number of aromatic nitrogens is 3. The minimum absolute atomic E-state index is 0.375. The maximum atomic E-state index is 8.95. The SMILES string of the molecule is COC=O.c1c[nH]c(-c2cnccn2)c1. The molecule has 0 saturated heterocycles. The molecule has 0 aliphatic heterocycles. The van der Waals surface area contributed by atoms with Gasteiger partial charge in [0.1, 0.15) is 5.69 Å². The smallest absolute Gasteiger partial charge is 0.292 e. The van der Waals surface area contributed by atoms with E-state index in [1.165, 1.54) is 7.11 Å². The summed E-state index contributed by atoms with van der Waals surface area (Å²) in [6.07, 6.45) is 6.93. The van der Waals surface area contributed by atoms with E-state index in [9.17, 15) is 0 Å². The molecule has 0 aliphatic carbocycles. The molecule has 2 aromatic heterocycles. The van der Waals surface area contributed by atoms with Crippen LogP contribution in [-0.4, -0.2) is 28.5 Å². The Morgan fingerprint density at radius 2 is 2.27 bits per heavy atom. The molecule has 0 aromatic carbocycles. The molecule has 0 atom stereocenters. The van der Waals surface area contributed by atoms with Gasteiger partial charge in [-0.15, -0.1) is 0 Å². The van der Waals surface area contributed by atoms with Gasteiger partial charge in [0.25, 0.3) is 6.47 Å². The first-order valence-corrected chi connectivity index (χ1v) is 4.24. The summed E-state index contributed by atoms with van der Waals surface area (Å²) in [7, 11) is 1.31. The van der Waals surface area contributed by atoms with Crippen molar-refractivity contribution >= 4 is 6.47 Å². The first kappa shape index (κ1) is 10.9. The number of rotatable bonds is 2. The van der Waals surface area contributed by atoms with Gasteiger partial charge in [-0.3, -0.25) is 14.8 Å². The van der Waals surface area contributed by atoms with Crippen molar-refractivity contribution in [3.8, 4) is 11.4 Å². The second-order valence-electron chi connectivity index (χ2n) is 2.51. The number of carbonyl (C=O) groups is 1. The van der Waals surface area contributed by atoms with Crippen molar-refractivity contribution in [3.05, 3.63) is 36.9 Å². The standard InChI is InChI=1S/C8H7N3.C2H4O2/c1-2-7(10-3-1)8-6-9-4-5-11-8;1-4-2-3/h1-6,10H;2H,1H3. The van der Waals surface area contributed by atoms with Crippen LogP contribution in [0, 0.1) is 0 Å². The fraction of sp³-hybridized carbons (Fsp3) is 0.100. The van der Waals surface area contributed by atoms with E-state index in [0.29, 0.717) is 6.47 Å².